The second kappa shape index (κ2) is 3.74. The van der Waals surface area contributed by atoms with Crippen molar-refractivity contribution in [2.45, 2.75) is 25.0 Å². The Balaban J connectivity index is 1.76. The molecule has 0 aliphatic carbocycles. The lowest BCUT2D eigenvalue weighted by Gasteiger charge is -2.30. The lowest BCUT2D eigenvalue weighted by atomic mass is 10.1. The molecular weight excluding hydrogens is 190 g/mol. The predicted molar refractivity (Wildman–Crippen MR) is 57.4 cm³/mol. The van der Waals surface area contributed by atoms with E-state index in [-0.39, 0.29) is 6.10 Å². The summed E-state index contributed by atoms with van der Waals surface area (Å²) in [5.74, 6) is 1.74. The van der Waals surface area contributed by atoms with Gasteiger partial charge in [0.05, 0.1) is 0 Å². The third kappa shape index (κ3) is 1.67. The number of fused-ring (bicyclic) bond motifs is 1. The Labute approximate surface area is 89.4 Å². The van der Waals surface area contributed by atoms with Crippen LogP contribution in [0.1, 0.15) is 12.8 Å². The Hall–Kier alpha value is -1.22. The SMILES string of the molecule is c1ccc2c(c1)OC[C@H]([C@@H]1CCCN1)O2. The monoisotopic (exact) mass is 205 g/mol. The highest BCUT2D eigenvalue weighted by Gasteiger charge is 2.30. The van der Waals surface area contributed by atoms with Gasteiger partial charge >= 0.3 is 0 Å². The van der Waals surface area contributed by atoms with Crippen LogP contribution in [0.25, 0.3) is 0 Å². The van der Waals surface area contributed by atoms with Gasteiger partial charge in [0.25, 0.3) is 0 Å². The van der Waals surface area contributed by atoms with Crippen LogP contribution >= 0.6 is 0 Å². The van der Waals surface area contributed by atoms with Gasteiger partial charge in [-0.1, -0.05) is 12.1 Å². The molecule has 0 bridgehead atoms. The van der Waals surface area contributed by atoms with Crippen molar-refractivity contribution in [3.8, 4) is 11.5 Å². The molecule has 0 unspecified atom stereocenters. The van der Waals surface area contributed by atoms with Crippen molar-refractivity contribution in [3.05, 3.63) is 24.3 Å². The van der Waals surface area contributed by atoms with Gasteiger partial charge in [-0.3, -0.25) is 0 Å². The third-order valence-electron chi connectivity index (χ3n) is 3.08. The van der Waals surface area contributed by atoms with Gasteiger partial charge < -0.3 is 14.8 Å². The number of rotatable bonds is 1. The molecule has 3 nitrogen and oxygen atoms in total. The fourth-order valence-electron chi connectivity index (χ4n) is 2.26. The quantitative estimate of drug-likeness (QED) is 0.755. The summed E-state index contributed by atoms with van der Waals surface area (Å²) >= 11 is 0. The zero-order valence-electron chi connectivity index (χ0n) is 8.61. The van der Waals surface area contributed by atoms with Crippen LogP contribution in [-0.4, -0.2) is 25.3 Å². The summed E-state index contributed by atoms with van der Waals surface area (Å²) in [5.41, 5.74) is 0. The fraction of sp³-hybridized carbons (Fsp3) is 0.500. The van der Waals surface area contributed by atoms with E-state index in [1.807, 2.05) is 24.3 Å². The van der Waals surface area contributed by atoms with Crippen LogP contribution in [0.3, 0.4) is 0 Å². The zero-order chi connectivity index (χ0) is 10.1. The molecule has 15 heavy (non-hydrogen) atoms. The molecule has 80 valence electrons. The average Bonchev–Trinajstić information content (AvgIpc) is 2.82. The molecule has 1 N–H and O–H groups in total. The average molecular weight is 205 g/mol. The molecule has 1 saturated heterocycles. The van der Waals surface area contributed by atoms with Gasteiger partial charge in [-0.05, 0) is 31.5 Å². The second-order valence-corrected chi connectivity index (χ2v) is 4.12. The van der Waals surface area contributed by atoms with E-state index < -0.39 is 0 Å². The summed E-state index contributed by atoms with van der Waals surface area (Å²) in [6.07, 6.45) is 2.60. The highest BCUT2D eigenvalue weighted by Crippen LogP contribution is 2.32. The van der Waals surface area contributed by atoms with Gasteiger partial charge in [-0.2, -0.15) is 0 Å². The van der Waals surface area contributed by atoms with Gasteiger partial charge in [-0.15, -0.1) is 0 Å². The molecule has 0 aromatic heterocycles. The Morgan fingerprint density at radius 3 is 2.87 bits per heavy atom. The number of nitrogens with one attached hydrogen (secondary N) is 1. The van der Waals surface area contributed by atoms with Crippen molar-refractivity contribution < 1.29 is 9.47 Å². The van der Waals surface area contributed by atoms with Crippen molar-refractivity contribution in [3.63, 3.8) is 0 Å². The Morgan fingerprint density at radius 2 is 2.07 bits per heavy atom. The maximum absolute atomic E-state index is 5.93. The van der Waals surface area contributed by atoms with Gasteiger partial charge in [0.1, 0.15) is 12.7 Å². The van der Waals surface area contributed by atoms with E-state index in [4.69, 9.17) is 9.47 Å². The van der Waals surface area contributed by atoms with Crippen molar-refractivity contribution in [2.24, 2.45) is 0 Å². The number of benzene rings is 1. The maximum atomic E-state index is 5.93. The van der Waals surface area contributed by atoms with Crippen LogP contribution in [0.5, 0.6) is 11.5 Å². The first kappa shape index (κ1) is 9.04. The molecule has 2 heterocycles. The van der Waals surface area contributed by atoms with E-state index in [9.17, 15) is 0 Å². The zero-order valence-corrected chi connectivity index (χ0v) is 8.61. The Morgan fingerprint density at radius 1 is 1.20 bits per heavy atom. The molecule has 3 rings (SSSR count). The van der Waals surface area contributed by atoms with E-state index in [1.165, 1.54) is 12.8 Å². The summed E-state index contributed by atoms with van der Waals surface area (Å²) in [4.78, 5) is 0. The topological polar surface area (TPSA) is 30.5 Å². The van der Waals surface area contributed by atoms with Crippen LogP contribution in [0.4, 0.5) is 0 Å². The van der Waals surface area contributed by atoms with Crippen molar-refractivity contribution in [1.29, 1.82) is 0 Å². The first-order chi connectivity index (χ1) is 7.43. The molecule has 1 fully saturated rings. The van der Waals surface area contributed by atoms with Gasteiger partial charge in [0, 0.05) is 6.04 Å². The van der Waals surface area contributed by atoms with Crippen LogP contribution in [0.15, 0.2) is 24.3 Å². The molecule has 0 saturated carbocycles. The molecule has 0 spiro atoms. The maximum Gasteiger partial charge on any atom is 0.161 e. The minimum Gasteiger partial charge on any atom is -0.486 e. The lowest BCUT2D eigenvalue weighted by molar-refractivity contribution is 0.0672. The molecule has 1 aromatic rings. The largest absolute Gasteiger partial charge is 0.486 e. The van der Waals surface area contributed by atoms with Gasteiger partial charge in [-0.25, -0.2) is 0 Å². The molecule has 2 aliphatic rings. The Kier molecular flexibility index (Phi) is 2.25. The second-order valence-electron chi connectivity index (χ2n) is 4.12. The summed E-state index contributed by atoms with van der Waals surface area (Å²) < 4.78 is 11.6. The lowest BCUT2D eigenvalue weighted by Crippen LogP contribution is -2.44. The number of hydrogen-bond donors (Lipinski definition) is 1. The smallest absolute Gasteiger partial charge is 0.161 e. The number of ether oxygens (including phenoxy) is 2. The molecule has 2 aliphatic heterocycles. The van der Waals surface area contributed by atoms with Gasteiger partial charge in [0.2, 0.25) is 0 Å². The predicted octanol–water partition coefficient (Wildman–Crippen LogP) is 1.58. The van der Waals surface area contributed by atoms with Crippen molar-refractivity contribution in [2.75, 3.05) is 13.2 Å². The van der Waals surface area contributed by atoms with E-state index in [0.717, 1.165) is 18.0 Å². The highest BCUT2D eigenvalue weighted by atomic mass is 16.6. The van der Waals surface area contributed by atoms with Crippen LogP contribution in [0.2, 0.25) is 0 Å². The number of para-hydroxylation sites is 2. The third-order valence-corrected chi connectivity index (χ3v) is 3.08. The van der Waals surface area contributed by atoms with Crippen LogP contribution in [-0.2, 0) is 0 Å². The van der Waals surface area contributed by atoms with Crippen LogP contribution < -0.4 is 14.8 Å². The molecular formula is C12H15NO2. The Bertz CT molecular complexity index is 347. The van der Waals surface area contributed by atoms with Crippen LogP contribution in [0, 0.1) is 0 Å². The minimum absolute atomic E-state index is 0.169. The highest BCUT2D eigenvalue weighted by molar-refractivity contribution is 5.40. The summed E-state index contributed by atoms with van der Waals surface area (Å²) in [6.45, 7) is 1.76. The summed E-state index contributed by atoms with van der Waals surface area (Å²) in [7, 11) is 0. The molecule has 2 atom stereocenters. The number of hydrogen-bond acceptors (Lipinski definition) is 3. The van der Waals surface area contributed by atoms with E-state index in [2.05, 4.69) is 5.32 Å². The van der Waals surface area contributed by atoms with E-state index >= 15 is 0 Å². The minimum atomic E-state index is 0.169. The first-order valence-corrected chi connectivity index (χ1v) is 5.55. The first-order valence-electron chi connectivity index (χ1n) is 5.55. The molecule has 0 radical (unpaired) electrons. The summed E-state index contributed by atoms with van der Waals surface area (Å²) in [6, 6.07) is 8.32. The van der Waals surface area contributed by atoms with Crippen molar-refractivity contribution >= 4 is 0 Å². The van der Waals surface area contributed by atoms with Crippen molar-refractivity contribution in [1.82, 2.24) is 5.32 Å². The van der Waals surface area contributed by atoms with E-state index in [0.29, 0.717) is 12.6 Å². The normalized spacial score (nSPS) is 29.1. The molecule has 0 amide bonds. The molecule has 3 heteroatoms. The van der Waals surface area contributed by atoms with Gasteiger partial charge in [0.15, 0.2) is 11.5 Å². The molecule has 1 aromatic carbocycles. The standard InChI is InChI=1S/C12H15NO2/c1-2-6-11-10(5-1)14-8-12(15-11)9-4-3-7-13-9/h1-2,5-6,9,12-13H,3-4,7-8H2/t9-,12+/m0/s1. The summed E-state index contributed by atoms with van der Waals surface area (Å²) in [5, 5.41) is 3.45. The fourth-order valence-corrected chi connectivity index (χ4v) is 2.26. The van der Waals surface area contributed by atoms with E-state index in [1.54, 1.807) is 0 Å².